The van der Waals surface area contributed by atoms with E-state index in [0.29, 0.717) is 6.79 Å². The zero-order chi connectivity index (χ0) is 18.5. The third-order valence-electron chi connectivity index (χ3n) is 4.90. The van der Waals surface area contributed by atoms with Gasteiger partial charge in [-0.25, -0.2) is 4.98 Å². The highest BCUT2D eigenvalue weighted by atomic mass is 127. The molecule has 0 bridgehead atoms. The van der Waals surface area contributed by atoms with Crippen LogP contribution in [0.2, 0.25) is 0 Å². The predicted molar refractivity (Wildman–Crippen MR) is 121 cm³/mol. The van der Waals surface area contributed by atoms with Crippen LogP contribution in [-0.2, 0) is 6.42 Å². The molecule has 0 atom stereocenters. The van der Waals surface area contributed by atoms with Crippen molar-refractivity contribution in [1.82, 2.24) is 15.2 Å². The lowest BCUT2D eigenvalue weighted by atomic mass is 10.1. The van der Waals surface area contributed by atoms with E-state index in [1.165, 1.54) is 5.56 Å². The summed E-state index contributed by atoms with van der Waals surface area (Å²) in [6.07, 6.45) is 2.75. The molecule has 1 aromatic heterocycles. The predicted octanol–water partition coefficient (Wildman–Crippen LogP) is 2.37. The van der Waals surface area contributed by atoms with Crippen LogP contribution in [-0.4, -0.2) is 62.4 Å². The molecule has 150 valence electrons. The van der Waals surface area contributed by atoms with Crippen molar-refractivity contribution >= 4 is 35.8 Å². The van der Waals surface area contributed by atoms with E-state index < -0.39 is 0 Å². The summed E-state index contributed by atoms with van der Waals surface area (Å²) in [5.74, 6) is 3.66. The first kappa shape index (κ1) is 20.5. The Labute approximate surface area is 182 Å². The first-order chi connectivity index (χ1) is 13.3. The third-order valence-corrected chi connectivity index (χ3v) is 4.90. The number of aliphatic imine (C=N–C) groups is 1. The van der Waals surface area contributed by atoms with E-state index in [-0.39, 0.29) is 24.0 Å². The van der Waals surface area contributed by atoms with Gasteiger partial charge in [0.1, 0.15) is 5.82 Å². The van der Waals surface area contributed by atoms with Crippen molar-refractivity contribution in [1.29, 1.82) is 0 Å². The van der Waals surface area contributed by atoms with Crippen molar-refractivity contribution in [2.45, 2.75) is 6.42 Å². The van der Waals surface area contributed by atoms with E-state index in [9.17, 15) is 0 Å². The van der Waals surface area contributed by atoms with Crippen molar-refractivity contribution in [2.24, 2.45) is 4.99 Å². The van der Waals surface area contributed by atoms with Crippen LogP contribution in [0, 0.1) is 0 Å². The number of benzene rings is 1. The molecule has 2 aromatic rings. The van der Waals surface area contributed by atoms with Crippen molar-refractivity contribution in [3.05, 3.63) is 48.2 Å². The number of nitrogens with one attached hydrogen (secondary N) is 1. The normalized spacial score (nSPS) is 16.0. The number of fused-ring (bicyclic) bond motifs is 1. The standard InChI is InChI=1S/C20H25N5O2.HI/c1-21-20(23-9-7-16-5-6-17-18(14-16)27-15-26-17)25-12-10-24(11-13-25)19-4-2-3-8-22-19;/h2-6,8,14H,7,9-13,15H2,1H3,(H,21,23);1H. The molecule has 0 amide bonds. The highest BCUT2D eigenvalue weighted by Crippen LogP contribution is 2.32. The molecule has 1 aromatic carbocycles. The van der Waals surface area contributed by atoms with Gasteiger partial charge in [0.25, 0.3) is 0 Å². The first-order valence-corrected chi connectivity index (χ1v) is 9.33. The number of ether oxygens (including phenoxy) is 2. The van der Waals surface area contributed by atoms with E-state index in [1.54, 1.807) is 0 Å². The zero-order valence-corrected chi connectivity index (χ0v) is 18.3. The lowest BCUT2D eigenvalue weighted by Gasteiger charge is -2.37. The molecule has 1 N–H and O–H groups in total. The molecule has 2 aliphatic rings. The SMILES string of the molecule is CN=C(NCCc1ccc2c(c1)OCO2)N1CCN(c2ccccn2)CC1.I. The van der Waals surface area contributed by atoms with Gasteiger partial charge in [0.15, 0.2) is 17.5 Å². The van der Waals surface area contributed by atoms with Crippen LogP contribution in [0.15, 0.2) is 47.6 Å². The second kappa shape index (κ2) is 9.81. The summed E-state index contributed by atoms with van der Waals surface area (Å²) in [6, 6.07) is 12.2. The number of nitrogens with zero attached hydrogens (tertiary/aromatic N) is 4. The van der Waals surface area contributed by atoms with Crippen molar-refractivity contribution < 1.29 is 9.47 Å². The van der Waals surface area contributed by atoms with Gasteiger partial charge in [-0.3, -0.25) is 4.99 Å². The van der Waals surface area contributed by atoms with Gasteiger partial charge in [0.2, 0.25) is 6.79 Å². The summed E-state index contributed by atoms with van der Waals surface area (Å²) in [4.78, 5) is 13.5. The fourth-order valence-electron chi connectivity index (χ4n) is 3.44. The Morgan fingerprint density at radius 1 is 1.11 bits per heavy atom. The van der Waals surface area contributed by atoms with Crippen molar-refractivity contribution in [2.75, 3.05) is 51.5 Å². The van der Waals surface area contributed by atoms with Crippen LogP contribution in [0.3, 0.4) is 0 Å². The number of hydrogen-bond donors (Lipinski definition) is 1. The van der Waals surface area contributed by atoms with Crippen molar-refractivity contribution in [3.63, 3.8) is 0 Å². The van der Waals surface area contributed by atoms with Gasteiger partial charge in [-0.1, -0.05) is 12.1 Å². The van der Waals surface area contributed by atoms with Crippen LogP contribution in [0.1, 0.15) is 5.56 Å². The summed E-state index contributed by atoms with van der Waals surface area (Å²) in [5, 5.41) is 3.48. The second-order valence-electron chi connectivity index (χ2n) is 6.57. The van der Waals surface area contributed by atoms with Gasteiger partial charge < -0.3 is 24.6 Å². The minimum atomic E-state index is 0. The molecule has 0 aliphatic carbocycles. The minimum Gasteiger partial charge on any atom is -0.454 e. The molecule has 1 fully saturated rings. The molecule has 2 aliphatic heterocycles. The highest BCUT2D eigenvalue weighted by molar-refractivity contribution is 14.0. The van der Waals surface area contributed by atoms with Crippen LogP contribution >= 0.6 is 24.0 Å². The van der Waals surface area contributed by atoms with Crippen LogP contribution in [0.25, 0.3) is 0 Å². The Morgan fingerprint density at radius 2 is 1.93 bits per heavy atom. The number of aromatic nitrogens is 1. The van der Waals surface area contributed by atoms with Crippen LogP contribution in [0.4, 0.5) is 5.82 Å². The summed E-state index contributed by atoms with van der Waals surface area (Å²) in [5.41, 5.74) is 1.22. The molecule has 4 rings (SSSR count). The van der Waals surface area contributed by atoms with E-state index in [2.05, 4.69) is 43.3 Å². The van der Waals surface area contributed by atoms with E-state index in [0.717, 1.165) is 62.4 Å². The molecule has 8 heteroatoms. The maximum Gasteiger partial charge on any atom is 0.231 e. The maximum absolute atomic E-state index is 5.45. The van der Waals surface area contributed by atoms with E-state index >= 15 is 0 Å². The molecule has 0 unspecified atom stereocenters. The smallest absolute Gasteiger partial charge is 0.231 e. The summed E-state index contributed by atoms with van der Waals surface area (Å²) in [6.45, 7) is 4.89. The summed E-state index contributed by atoms with van der Waals surface area (Å²) in [7, 11) is 1.84. The molecular formula is C20H26IN5O2. The van der Waals surface area contributed by atoms with Gasteiger partial charge in [-0.15, -0.1) is 24.0 Å². The number of hydrogen-bond acceptors (Lipinski definition) is 5. The van der Waals surface area contributed by atoms with Gasteiger partial charge in [-0.2, -0.15) is 0 Å². The number of anilines is 1. The Kier molecular flexibility index (Phi) is 7.18. The lowest BCUT2D eigenvalue weighted by Crippen LogP contribution is -2.53. The van der Waals surface area contributed by atoms with Gasteiger partial charge in [0.05, 0.1) is 0 Å². The maximum atomic E-state index is 5.45. The van der Waals surface area contributed by atoms with Gasteiger partial charge >= 0.3 is 0 Å². The summed E-state index contributed by atoms with van der Waals surface area (Å²) < 4.78 is 10.8. The molecule has 0 spiro atoms. The van der Waals surface area contributed by atoms with Crippen LogP contribution in [0.5, 0.6) is 11.5 Å². The molecule has 3 heterocycles. The second-order valence-corrected chi connectivity index (χ2v) is 6.57. The minimum absolute atomic E-state index is 0. The third kappa shape index (κ3) is 4.78. The quantitative estimate of drug-likeness (QED) is 0.400. The average molecular weight is 495 g/mol. The van der Waals surface area contributed by atoms with Gasteiger partial charge in [-0.05, 0) is 36.2 Å². The average Bonchev–Trinajstić information content (AvgIpc) is 3.20. The number of guanidine groups is 1. The van der Waals surface area contributed by atoms with Crippen LogP contribution < -0.4 is 19.7 Å². The van der Waals surface area contributed by atoms with Gasteiger partial charge in [0, 0.05) is 46.0 Å². The number of piperazine rings is 1. The van der Waals surface area contributed by atoms with E-state index in [4.69, 9.17) is 9.47 Å². The topological polar surface area (TPSA) is 62.2 Å². The number of pyridine rings is 1. The zero-order valence-electron chi connectivity index (χ0n) is 16.0. The van der Waals surface area contributed by atoms with Crippen molar-refractivity contribution in [3.8, 4) is 11.5 Å². The molecular weight excluding hydrogens is 469 g/mol. The summed E-state index contributed by atoms with van der Waals surface area (Å²) >= 11 is 0. The molecule has 0 saturated carbocycles. The monoisotopic (exact) mass is 495 g/mol. The molecule has 28 heavy (non-hydrogen) atoms. The van der Waals surface area contributed by atoms with E-state index in [1.807, 2.05) is 31.4 Å². The fraction of sp³-hybridized carbons (Fsp3) is 0.400. The number of rotatable bonds is 4. The Morgan fingerprint density at radius 3 is 2.68 bits per heavy atom. The largest absolute Gasteiger partial charge is 0.454 e. The fourth-order valence-corrected chi connectivity index (χ4v) is 3.44. The Hall–Kier alpha value is -2.23. The molecule has 0 radical (unpaired) electrons. The first-order valence-electron chi connectivity index (χ1n) is 9.33. The highest BCUT2D eigenvalue weighted by Gasteiger charge is 2.20. The molecule has 1 saturated heterocycles. The Balaban J connectivity index is 0.00000225. The Bertz CT molecular complexity index is 794. The lowest BCUT2D eigenvalue weighted by molar-refractivity contribution is 0.174. The number of halogens is 1. The molecule has 7 nitrogen and oxygen atoms in total.